The summed E-state index contributed by atoms with van der Waals surface area (Å²) in [6.45, 7) is 1.21. The van der Waals surface area contributed by atoms with Gasteiger partial charge in [-0.25, -0.2) is 4.39 Å². The van der Waals surface area contributed by atoms with Crippen molar-refractivity contribution in [2.75, 3.05) is 39.7 Å². The highest BCUT2D eigenvalue weighted by Gasteiger charge is 2.28. The SMILES string of the molecule is COc1ccc(C(=O)N2CCC[C@H](Nc3ccc(F)cc3)C2)c(OC)c1OC. The maximum atomic E-state index is 13.2. The van der Waals surface area contributed by atoms with Crippen LogP contribution >= 0.6 is 0 Å². The van der Waals surface area contributed by atoms with Gasteiger partial charge in [0.25, 0.3) is 5.91 Å². The van der Waals surface area contributed by atoms with Gasteiger partial charge < -0.3 is 24.4 Å². The van der Waals surface area contributed by atoms with E-state index in [1.165, 1.54) is 33.5 Å². The van der Waals surface area contributed by atoms with Crippen LogP contribution in [0.2, 0.25) is 0 Å². The summed E-state index contributed by atoms with van der Waals surface area (Å²) in [6.07, 6.45) is 1.81. The molecule has 7 heteroatoms. The van der Waals surface area contributed by atoms with Crippen LogP contribution in [0.25, 0.3) is 0 Å². The molecule has 0 aromatic heterocycles. The van der Waals surface area contributed by atoms with Gasteiger partial charge in [0.05, 0.1) is 26.9 Å². The second kappa shape index (κ2) is 8.82. The van der Waals surface area contributed by atoms with Gasteiger partial charge in [0.2, 0.25) is 5.75 Å². The van der Waals surface area contributed by atoms with Crippen molar-refractivity contribution >= 4 is 11.6 Å². The summed E-state index contributed by atoms with van der Waals surface area (Å²) in [7, 11) is 4.55. The average molecular weight is 388 g/mol. The van der Waals surface area contributed by atoms with Crippen molar-refractivity contribution in [1.29, 1.82) is 0 Å². The summed E-state index contributed by atoms with van der Waals surface area (Å²) in [5.74, 6) is 0.870. The molecule has 1 amide bonds. The highest BCUT2D eigenvalue weighted by Crippen LogP contribution is 2.40. The molecule has 1 fully saturated rings. The van der Waals surface area contributed by atoms with Crippen molar-refractivity contribution in [2.24, 2.45) is 0 Å². The van der Waals surface area contributed by atoms with Crippen LogP contribution in [0.1, 0.15) is 23.2 Å². The Morgan fingerprint density at radius 2 is 1.75 bits per heavy atom. The van der Waals surface area contributed by atoms with Crippen molar-refractivity contribution in [2.45, 2.75) is 18.9 Å². The highest BCUT2D eigenvalue weighted by molar-refractivity contribution is 5.98. The average Bonchev–Trinajstić information content (AvgIpc) is 2.73. The molecule has 0 aliphatic carbocycles. The molecule has 0 unspecified atom stereocenters. The molecule has 1 aliphatic rings. The molecule has 1 saturated heterocycles. The van der Waals surface area contributed by atoms with Crippen molar-refractivity contribution in [3.05, 3.63) is 47.8 Å². The number of likely N-dealkylation sites (tertiary alicyclic amines) is 1. The van der Waals surface area contributed by atoms with Crippen LogP contribution < -0.4 is 19.5 Å². The first-order chi connectivity index (χ1) is 13.6. The van der Waals surface area contributed by atoms with E-state index >= 15 is 0 Å². The third-order valence-corrected chi connectivity index (χ3v) is 4.86. The third kappa shape index (κ3) is 4.13. The van der Waals surface area contributed by atoms with Gasteiger partial charge in [0, 0.05) is 24.8 Å². The van der Waals surface area contributed by atoms with E-state index in [0.29, 0.717) is 35.9 Å². The number of hydrogen-bond acceptors (Lipinski definition) is 5. The summed E-state index contributed by atoms with van der Waals surface area (Å²) in [4.78, 5) is 15.0. The number of amides is 1. The van der Waals surface area contributed by atoms with E-state index in [2.05, 4.69) is 5.32 Å². The minimum Gasteiger partial charge on any atom is -0.493 e. The standard InChI is InChI=1S/C21H25FN2O4/c1-26-18-11-10-17(19(27-2)20(18)28-3)21(25)24-12-4-5-16(13-24)23-15-8-6-14(22)7-9-15/h6-11,16,23H,4-5,12-13H2,1-3H3/t16-/m0/s1. The maximum Gasteiger partial charge on any atom is 0.257 e. The number of benzene rings is 2. The van der Waals surface area contributed by atoms with Gasteiger partial charge in [-0.2, -0.15) is 0 Å². The fourth-order valence-corrected chi connectivity index (χ4v) is 3.50. The molecule has 150 valence electrons. The number of halogens is 1. The predicted octanol–water partition coefficient (Wildman–Crippen LogP) is 3.57. The number of rotatable bonds is 6. The summed E-state index contributed by atoms with van der Waals surface area (Å²) < 4.78 is 29.2. The molecule has 6 nitrogen and oxygen atoms in total. The van der Waals surface area contributed by atoms with Gasteiger partial charge in [0.1, 0.15) is 5.82 Å². The topological polar surface area (TPSA) is 60.0 Å². The molecule has 1 N–H and O–H groups in total. The molecule has 0 radical (unpaired) electrons. The largest absolute Gasteiger partial charge is 0.493 e. The summed E-state index contributed by atoms with van der Waals surface area (Å²) in [6, 6.07) is 9.73. The van der Waals surface area contributed by atoms with E-state index in [9.17, 15) is 9.18 Å². The molecule has 28 heavy (non-hydrogen) atoms. The van der Waals surface area contributed by atoms with Gasteiger partial charge in [0.15, 0.2) is 11.5 Å². The Balaban J connectivity index is 1.77. The van der Waals surface area contributed by atoms with Gasteiger partial charge in [-0.15, -0.1) is 0 Å². The second-order valence-corrected chi connectivity index (χ2v) is 6.62. The number of anilines is 1. The number of methoxy groups -OCH3 is 3. The summed E-state index contributed by atoms with van der Waals surface area (Å²) in [5, 5.41) is 3.38. The smallest absolute Gasteiger partial charge is 0.257 e. The fourth-order valence-electron chi connectivity index (χ4n) is 3.50. The zero-order chi connectivity index (χ0) is 20.1. The predicted molar refractivity (Wildman–Crippen MR) is 105 cm³/mol. The molecule has 3 rings (SSSR count). The Bertz CT molecular complexity index is 826. The van der Waals surface area contributed by atoms with Crippen LogP contribution in [-0.4, -0.2) is 51.3 Å². The second-order valence-electron chi connectivity index (χ2n) is 6.62. The molecular weight excluding hydrogens is 363 g/mol. The van der Waals surface area contributed by atoms with E-state index in [1.807, 2.05) is 0 Å². The van der Waals surface area contributed by atoms with Crippen molar-refractivity contribution in [3.63, 3.8) is 0 Å². The third-order valence-electron chi connectivity index (χ3n) is 4.86. The van der Waals surface area contributed by atoms with E-state index in [-0.39, 0.29) is 17.8 Å². The molecule has 2 aromatic carbocycles. The van der Waals surface area contributed by atoms with E-state index in [0.717, 1.165) is 18.5 Å². The van der Waals surface area contributed by atoms with E-state index in [4.69, 9.17) is 14.2 Å². The Labute approximate surface area is 164 Å². The number of nitrogens with zero attached hydrogens (tertiary/aromatic N) is 1. The molecule has 1 aliphatic heterocycles. The minimum atomic E-state index is -0.272. The normalized spacial score (nSPS) is 16.4. The lowest BCUT2D eigenvalue weighted by Crippen LogP contribution is -2.45. The fraction of sp³-hybridized carbons (Fsp3) is 0.381. The molecular formula is C21H25FN2O4. The minimum absolute atomic E-state index is 0.0919. The van der Waals surface area contributed by atoms with Crippen molar-refractivity contribution in [3.8, 4) is 17.2 Å². The van der Waals surface area contributed by atoms with Crippen LogP contribution in [0.4, 0.5) is 10.1 Å². The van der Waals surface area contributed by atoms with Crippen LogP contribution in [0.5, 0.6) is 17.2 Å². The Morgan fingerprint density at radius 1 is 1.04 bits per heavy atom. The first-order valence-electron chi connectivity index (χ1n) is 9.17. The molecule has 2 aromatic rings. The van der Waals surface area contributed by atoms with Gasteiger partial charge in [-0.1, -0.05) is 0 Å². The van der Waals surface area contributed by atoms with Crippen LogP contribution in [0.3, 0.4) is 0 Å². The number of hydrogen-bond donors (Lipinski definition) is 1. The number of carbonyl (C=O) groups is 1. The van der Waals surface area contributed by atoms with Gasteiger partial charge >= 0.3 is 0 Å². The lowest BCUT2D eigenvalue weighted by Gasteiger charge is -2.34. The van der Waals surface area contributed by atoms with Crippen LogP contribution in [0.15, 0.2) is 36.4 Å². The molecule has 0 saturated carbocycles. The van der Waals surface area contributed by atoms with Gasteiger partial charge in [-0.3, -0.25) is 4.79 Å². The number of carbonyl (C=O) groups excluding carboxylic acids is 1. The van der Waals surface area contributed by atoms with Crippen LogP contribution in [0, 0.1) is 5.82 Å². The van der Waals surface area contributed by atoms with Crippen molar-refractivity contribution in [1.82, 2.24) is 4.90 Å². The van der Waals surface area contributed by atoms with Crippen molar-refractivity contribution < 1.29 is 23.4 Å². The van der Waals surface area contributed by atoms with E-state index < -0.39 is 0 Å². The highest BCUT2D eigenvalue weighted by atomic mass is 19.1. The Hall–Kier alpha value is -2.96. The Morgan fingerprint density at radius 3 is 2.39 bits per heavy atom. The lowest BCUT2D eigenvalue weighted by atomic mass is 10.0. The quantitative estimate of drug-likeness (QED) is 0.820. The molecule has 0 spiro atoms. The summed E-state index contributed by atoms with van der Waals surface area (Å²) >= 11 is 0. The van der Waals surface area contributed by atoms with Gasteiger partial charge in [-0.05, 0) is 49.2 Å². The number of piperidine rings is 1. The molecule has 1 atom stereocenters. The summed E-state index contributed by atoms with van der Waals surface area (Å²) in [5.41, 5.74) is 1.27. The first-order valence-corrected chi connectivity index (χ1v) is 9.17. The maximum absolute atomic E-state index is 13.2. The molecule has 1 heterocycles. The van der Waals surface area contributed by atoms with Crippen LogP contribution in [-0.2, 0) is 0 Å². The zero-order valence-corrected chi connectivity index (χ0v) is 16.3. The zero-order valence-electron chi connectivity index (χ0n) is 16.3. The Kier molecular flexibility index (Phi) is 6.23. The van der Waals surface area contributed by atoms with E-state index in [1.54, 1.807) is 29.2 Å². The lowest BCUT2D eigenvalue weighted by molar-refractivity contribution is 0.0710. The number of nitrogens with one attached hydrogen (secondary N) is 1. The molecule has 0 bridgehead atoms. The number of ether oxygens (including phenoxy) is 3. The monoisotopic (exact) mass is 388 g/mol. The first kappa shape index (κ1) is 19.8.